The molecule has 0 fully saturated rings. The molecule has 0 radical (unpaired) electrons. The van der Waals surface area contributed by atoms with Crippen molar-refractivity contribution < 1.29 is 28.6 Å². The van der Waals surface area contributed by atoms with Crippen molar-refractivity contribution in [1.29, 1.82) is 0 Å². The number of esters is 2. The SMILES string of the molecule is CCC=CCC=CCC=CCC=CCC=CCCCCOC(CC)C(=O)N[C@@H](CC(C)C)C(=O)Oc1ccccc1C(=O)OC(C)(C)C. The first-order valence-corrected chi connectivity index (χ1v) is 17.7. The second-order valence-corrected chi connectivity index (χ2v) is 13.1. The zero-order valence-electron chi connectivity index (χ0n) is 30.5. The Morgan fingerprint density at radius 1 is 0.792 bits per heavy atom. The molecule has 1 rings (SSSR count). The predicted octanol–water partition coefficient (Wildman–Crippen LogP) is 9.80. The Kier molecular flexibility index (Phi) is 22.3. The van der Waals surface area contributed by atoms with Crippen molar-refractivity contribution in [1.82, 2.24) is 5.32 Å². The number of unbranched alkanes of at least 4 members (excludes halogenated alkanes) is 2. The van der Waals surface area contributed by atoms with Crippen molar-refractivity contribution in [3.05, 3.63) is 90.6 Å². The molecule has 0 heterocycles. The molecule has 0 saturated carbocycles. The second-order valence-electron chi connectivity index (χ2n) is 13.1. The third kappa shape index (κ3) is 20.5. The van der Waals surface area contributed by atoms with Gasteiger partial charge in [0.05, 0.1) is 0 Å². The van der Waals surface area contributed by atoms with E-state index in [9.17, 15) is 14.4 Å². The number of ether oxygens (including phenoxy) is 3. The third-order valence-corrected chi connectivity index (χ3v) is 6.93. The Morgan fingerprint density at radius 2 is 1.35 bits per heavy atom. The summed E-state index contributed by atoms with van der Waals surface area (Å²) >= 11 is 0. The Bertz CT molecular complexity index is 1220. The fraction of sp³-hybridized carbons (Fsp3) is 0.537. The van der Waals surface area contributed by atoms with Gasteiger partial charge in [-0.1, -0.05) is 101 Å². The minimum Gasteiger partial charge on any atom is -0.456 e. The highest BCUT2D eigenvalue weighted by Crippen LogP contribution is 2.23. The lowest BCUT2D eigenvalue weighted by atomic mass is 10.0. The molecule has 1 unspecified atom stereocenters. The number of hydrogen-bond donors (Lipinski definition) is 1. The standard InChI is InChI=1S/C41H61NO6/c1-8-10-11-12-13-14-15-16-17-18-19-20-21-22-23-24-25-28-31-46-36(9-2)38(43)42-35(32-33(3)4)40(45)47-37-30-27-26-29-34(37)39(44)48-41(5,6)7/h10-11,13-14,16-17,19-20,22-23,26-27,29-30,33,35-36H,8-9,12,15,18,21,24-25,28,31-32H2,1-7H3,(H,42,43)/t35-,36?/m0/s1. The summed E-state index contributed by atoms with van der Waals surface area (Å²) in [6.07, 6.45) is 29.8. The van der Waals surface area contributed by atoms with E-state index in [4.69, 9.17) is 14.2 Å². The minimum absolute atomic E-state index is 0.0931. The van der Waals surface area contributed by atoms with Gasteiger partial charge in [0.2, 0.25) is 5.91 Å². The number of para-hydroxylation sites is 1. The average Bonchev–Trinajstić information content (AvgIpc) is 3.02. The fourth-order valence-corrected chi connectivity index (χ4v) is 4.52. The van der Waals surface area contributed by atoms with E-state index in [1.54, 1.807) is 45.0 Å². The lowest BCUT2D eigenvalue weighted by Crippen LogP contribution is -2.48. The van der Waals surface area contributed by atoms with Gasteiger partial charge in [-0.25, -0.2) is 9.59 Å². The molecule has 266 valence electrons. The summed E-state index contributed by atoms with van der Waals surface area (Å²) in [6.45, 7) is 13.7. The van der Waals surface area contributed by atoms with E-state index in [0.29, 0.717) is 19.4 Å². The molecule has 48 heavy (non-hydrogen) atoms. The Labute approximate surface area is 290 Å². The molecule has 0 aliphatic heterocycles. The molecular weight excluding hydrogens is 602 g/mol. The number of hydrogen-bond acceptors (Lipinski definition) is 6. The highest BCUT2D eigenvalue weighted by atomic mass is 16.6. The van der Waals surface area contributed by atoms with Gasteiger partial charge < -0.3 is 19.5 Å². The molecule has 2 atom stereocenters. The predicted molar refractivity (Wildman–Crippen MR) is 197 cm³/mol. The largest absolute Gasteiger partial charge is 0.456 e. The first-order chi connectivity index (χ1) is 23.0. The third-order valence-electron chi connectivity index (χ3n) is 6.93. The molecule has 0 bridgehead atoms. The van der Waals surface area contributed by atoms with Gasteiger partial charge in [-0.2, -0.15) is 0 Å². The number of rotatable bonds is 23. The van der Waals surface area contributed by atoms with E-state index in [-0.39, 0.29) is 23.1 Å². The van der Waals surface area contributed by atoms with Crippen LogP contribution in [-0.2, 0) is 19.1 Å². The second kappa shape index (κ2) is 25.3. The molecule has 7 nitrogen and oxygen atoms in total. The summed E-state index contributed by atoms with van der Waals surface area (Å²) in [7, 11) is 0. The van der Waals surface area contributed by atoms with Crippen molar-refractivity contribution >= 4 is 17.8 Å². The van der Waals surface area contributed by atoms with Crippen LogP contribution in [0.15, 0.2) is 85.0 Å². The van der Waals surface area contributed by atoms with Crippen molar-refractivity contribution in [2.45, 2.75) is 130 Å². The van der Waals surface area contributed by atoms with Crippen LogP contribution in [-0.4, -0.2) is 42.2 Å². The zero-order chi connectivity index (χ0) is 35.6. The van der Waals surface area contributed by atoms with Crippen molar-refractivity contribution in [2.24, 2.45) is 5.92 Å². The summed E-state index contributed by atoms with van der Waals surface area (Å²) in [5.41, 5.74) is -0.553. The number of carbonyl (C=O) groups excluding carboxylic acids is 3. The van der Waals surface area contributed by atoms with E-state index in [1.807, 2.05) is 20.8 Å². The molecule has 1 aromatic rings. The quantitative estimate of drug-likeness (QED) is 0.0543. The molecule has 7 heteroatoms. The lowest BCUT2D eigenvalue weighted by molar-refractivity contribution is -0.143. The van der Waals surface area contributed by atoms with Crippen LogP contribution in [0.1, 0.15) is 123 Å². The van der Waals surface area contributed by atoms with E-state index in [1.165, 1.54) is 0 Å². The molecule has 0 aromatic heterocycles. The van der Waals surface area contributed by atoms with Gasteiger partial charge in [-0.05, 0) is 103 Å². The monoisotopic (exact) mass is 663 g/mol. The maximum Gasteiger partial charge on any atom is 0.342 e. The van der Waals surface area contributed by atoms with Crippen LogP contribution in [0.25, 0.3) is 0 Å². The van der Waals surface area contributed by atoms with Gasteiger partial charge in [0, 0.05) is 6.61 Å². The molecular formula is C41H61NO6. The number of nitrogens with one attached hydrogen (secondary N) is 1. The summed E-state index contributed by atoms with van der Waals surface area (Å²) in [4.78, 5) is 39.1. The van der Waals surface area contributed by atoms with Crippen molar-refractivity contribution in [3.63, 3.8) is 0 Å². The molecule has 0 spiro atoms. The average molecular weight is 664 g/mol. The summed E-state index contributed by atoms with van der Waals surface area (Å²) in [5.74, 6) is -1.37. The molecule has 1 aromatic carbocycles. The van der Waals surface area contributed by atoms with Gasteiger partial charge in [0.1, 0.15) is 29.1 Å². The van der Waals surface area contributed by atoms with Crippen LogP contribution < -0.4 is 10.1 Å². The normalized spacial score (nSPS) is 13.8. The number of allylic oxidation sites excluding steroid dienone is 10. The van der Waals surface area contributed by atoms with Gasteiger partial charge in [-0.3, -0.25) is 4.79 Å². The smallest absolute Gasteiger partial charge is 0.342 e. The number of amides is 1. The van der Waals surface area contributed by atoms with Crippen molar-refractivity contribution in [2.75, 3.05) is 6.61 Å². The molecule has 1 N–H and O–H groups in total. The highest BCUT2D eigenvalue weighted by Gasteiger charge is 2.29. The van der Waals surface area contributed by atoms with Gasteiger partial charge in [-0.15, -0.1) is 0 Å². The van der Waals surface area contributed by atoms with E-state index in [2.05, 4.69) is 73.0 Å². The van der Waals surface area contributed by atoms with E-state index < -0.39 is 29.7 Å². The van der Waals surface area contributed by atoms with E-state index in [0.717, 1.165) is 51.4 Å². The highest BCUT2D eigenvalue weighted by molar-refractivity contribution is 5.94. The Balaban J connectivity index is 2.47. The Hall–Kier alpha value is -3.71. The summed E-state index contributed by atoms with van der Waals surface area (Å²) in [5, 5.41) is 2.84. The molecule has 0 aliphatic carbocycles. The topological polar surface area (TPSA) is 90.9 Å². The zero-order valence-corrected chi connectivity index (χ0v) is 30.5. The molecule has 1 amide bonds. The minimum atomic E-state index is -0.892. The van der Waals surface area contributed by atoms with Gasteiger partial charge in [0.15, 0.2) is 0 Å². The first-order valence-electron chi connectivity index (χ1n) is 17.7. The molecule has 0 saturated heterocycles. The maximum atomic E-state index is 13.2. The fourth-order valence-electron chi connectivity index (χ4n) is 4.52. The van der Waals surface area contributed by atoms with Crippen molar-refractivity contribution in [3.8, 4) is 5.75 Å². The molecule has 0 aliphatic rings. The van der Waals surface area contributed by atoms with Crippen LogP contribution in [0.3, 0.4) is 0 Å². The van der Waals surface area contributed by atoms with Gasteiger partial charge >= 0.3 is 11.9 Å². The summed E-state index contributed by atoms with van der Waals surface area (Å²) in [6, 6.07) is 5.56. The number of carbonyl (C=O) groups is 3. The number of benzene rings is 1. The van der Waals surface area contributed by atoms with Crippen LogP contribution in [0.4, 0.5) is 0 Å². The van der Waals surface area contributed by atoms with Crippen LogP contribution in [0.2, 0.25) is 0 Å². The Morgan fingerprint density at radius 3 is 1.90 bits per heavy atom. The van der Waals surface area contributed by atoms with E-state index >= 15 is 0 Å². The van der Waals surface area contributed by atoms with Crippen LogP contribution >= 0.6 is 0 Å². The summed E-state index contributed by atoms with van der Waals surface area (Å²) < 4.78 is 17.0. The van der Waals surface area contributed by atoms with Crippen LogP contribution in [0.5, 0.6) is 5.75 Å². The lowest BCUT2D eigenvalue weighted by Gasteiger charge is -2.23. The van der Waals surface area contributed by atoms with Crippen LogP contribution in [0, 0.1) is 5.92 Å². The first kappa shape index (κ1) is 42.3. The maximum absolute atomic E-state index is 13.2. The van der Waals surface area contributed by atoms with Gasteiger partial charge in [0.25, 0.3) is 0 Å².